The number of carbonyl (C=O) groups is 2. The molecule has 0 atom stereocenters. The first-order valence-electron chi connectivity index (χ1n) is 12.7. The lowest BCUT2D eigenvalue weighted by Gasteiger charge is -2.33. The Labute approximate surface area is 213 Å². The Morgan fingerprint density at radius 1 is 0.917 bits per heavy atom. The van der Waals surface area contributed by atoms with E-state index in [4.69, 9.17) is 4.74 Å². The zero-order chi connectivity index (χ0) is 25.8. The normalized spacial score (nSPS) is 14.4. The average molecular weight is 486 g/mol. The molecule has 3 heterocycles. The van der Waals surface area contributed by atoms with Crippen molar-refractivity contribution in [1.29, 1.82) is 0 Å². The van der Waals surface area contributed by atoms with E-state index < -0.39 is 0 Å². The first-order valence-corrected chi connectivity index (χ1v) is 12.7. The molecule has 6 nitrogen and oxygen atoms in total. The molecule has 0 bridgehead atoms. The summed E-state index contributed by atoms with van der Waals surface area (Å²) in [5.74, 6) is 1.29. The van der Waals surface area contributed by atoms with Crippen molar-refractivity contribution in [2.75, 3.05) is 25.1 Å². The van der Waals surface area contributed by atoms with Crippen LogP contribution in [0.3, 0.4) is 0 Å². The van der Waals surface area contributed by atoms with Crippen LogP contribution in [0.1, 0.15) is 48.1 Å². The molecule has 2 aromatic carbocycles. The average Bonchev–Trinajstić information content (AvgIpc) is 2.89. The highest BCUT2D eigenvalue weighted by molar-refractivity contribution is 6.00. The summed E-state index contributed by atoms with van der Waals surface area (Å²) in [6, 6.07) is 14.6. The maximum atomic E-state index is 13.2. The summed E-state index contributed by atoms with van der Waals surface area (Å²) in [5, 5.41) is 0. The summed E-state index contributed by atoms with van der Waals surface area (Å²) < 4.78 is 5.34. The standard InChI is InChI=1S/C28H29N3O3.C2H6/c1-18-10-19(2)12-22(11-18)23-13-21-5-7-26(32)31(28(21)29-15-23)17-27(33)30-9-8-20-4-6-25(34-3)14-24(20)16-30;1-2/h4,6,10-15H,5,7-9,16-17H2,1-3H3;1-2H3. The van der Waals surface area contributed by atoms with E-state index in [0.717, 1.165) is 34.4 Å². The molecule has 0 spiro atoms. The molecule has 0 saturated heterocycles. The van der Waals surface area contributed by atoms with Crippen molar-refractivity contribution in [3.63, 3.8) is 0 Å². The van der Waals surface area contributed by atoms with Gasteiger partial charge < -0.3 is 9.64 Å². The fourth-order valence-corrected chi connectivity index (χ4v) is 5.00. The van der Waals surface area contributed by atoms with Gasteiger partial charge in [0.2, 0.25) is 11.8 Å². The van der Waals surface area contributed by atoms with Crippen LogP contribution in [-0.2, 0) is 29.0 Å². The third-order valence-corrected chi connectivity index (χ3v) is 6.73. The van der Waals surface area contributed by atoms with Crippen LogP contribution in [0.5, 0.6) is 5.75 Å². The predicted molar refractivity (Wildman–Crippen MR) is 143 cm³/mol. The molecular weight excluding hydrogens is 450 g/mol. The van der Waals surface area contributed by atoms with Gasteiger partial charge in [0, 0.05) is 31.3 Å². The molecule has 3 aromatic rings. The van der Waals surface area contributed by atoms with E-state index in [0.29, 0.717) is 31.7 Å². The number of aromatic nitrogens is 1. The van der Waals surface area contributed by atoms with Gasteiger partial charge in [0.1, 0.15) is 18.1 Å². The maximum absolute atomic E-state index is 13.2. The number of carbonyl (C=O) groups excluding carboxylic acids is 2. The van der Waals surface area contributed by atoms with E-state index in [1.54, 1.807) is 12.0 Å². The van der Waals surface area contributed by atoms with Crippen LogP contribution in [0.4, 0.5) is 5.82 Å². The molecule has 0 saturated carbocycles. The van der Waals surface area contributed by atoms with Crippen LogP contribution in [0.15, 0.2) is 48.7 Å². The Kier molecular flexibility index (Phi) is 7.73. The minimum Gasteiger partial charge on any atom is -0.497 e. The zero-order valence-electron chi connectivity index (χ0n) is 21.9. The number of rotatable bonds is 4. The van der Waals surface area contributed by atoms with Gasteiger partial charge in [-0.15, -0.1) is 0 Å². The van der Waals surface area contributed by atoms with Crippen molar-refractivity contribution in [2.24, 2.45) is 0 Å². The van der Waals surface area contributed by atoms with Crippen molar-refractivity contribution in [3.05, 3.63) is 76.5 Å². The van der Waals surface area contributed by atoms with Gasteiger partial charge in [0.25, 0.3) is 0 Å². The lowest BCUT2D eigenvalue weighted by atomic mass is 9.97. The van der Waals surface area contributed by atoms with Gasteiger partial charge in [-0.3, -0.25) is 14.5 Å². The van der Waals surface area contributed by atoms with Crippen LogP contribution < -0.4 is 9.64 Å². The molecule has 5 rings (SSSR count). The Balaban J connectivity index is 0.00000148. The summed E-state index contributed by atoms with van der Waals surface area (Å²) in [6.07, 6.45) is 3.64. The minimum atomic E-state index is -0.0603. The highest BCUT2D eigenvalue weighted by Crippen LogP contribution is 2.31. The molecular formula is C30H35N3O3. The van der Waals surface area contributed by atoms with E-state index >= 15 is 0 Å². The van der Waals surface area contributed by atoms with E-state index in [9.17, 15) is 9.59 Å². The molecule has 0 N–H and O–H groups in total. The maximum Gasteiger partial charge on any atom is 0.243 e. The monoisotopic (exact) mass is 485 g/mol. The summed E-state index contributed by atoms with van der Waals surface area (Å²) in [6.45, 7) is 9.36. The topological polar surface area (TPSA) is 62.7 Å². The predicted octanol–water partition coefficient (Wildman–Crippen LogP) is 5.26. The van der Waals surface area contributed by atoms with Gasteiger partial charge >= 0.3 is 0 Å². The second-order valence-electron chi connectivity index (χ2n) is 9.26. The molecule has 36 heavy (non-hydrogen) atoms. The number of nitrogens with zero attached hydrogens (tertiary/aromatic N) is 3. The number of pyridine rings is 1. The summed E-state index contributed by atoms with van der Waals surface area (Å²) in [5.41, 5.74) is 7.91. The Hall–Kier alpha value is -3.67. The molecule has 0 radical (unpaired) electrons. The number of anilines is 1. The number of methoxy groups -OCH3 is 1. The SMILES string of the molecule is CC.COc1ccc2c(c1)CN(C(=O)CN1C(=O)CCc3cc(-c4cc(C)cc(C)c4)cnc31)CC2. The number of aryl methyl sites for hydroxylation is 3. The van der Waals surface area contributed by atoms with Gasteiger partial charge in [-0.1, -0.05) is 49.2 Å². The summed E-state index contributed by atoms with van der Waals surface area (Å²) in [4.78, 5) is 34.1. The van der Waals surface area contributed by atoms with Crippen LogP contribution in [-0.4, -0.2) is 41.9 Å². The highest BCUT2D eigenvalue weighted by atomic mass is 16.5. The van der Waals surface area contributed by atoms with Gasteiger partial charge in [-0.25, -0.2) is 4.98 Å². The molecule has 2 aliphatic rings. The fraction of sp³-hybridized carbons (Fsp3) is 0.367. The van der Waals surface area contributed by atoms with Gasteiger partial charge in [0.05, 0.1) is 7.11 Å². The molecule has 0 fully saturated rings. The number of hydrogen-bond donors (Lipinski definition) is 0. The molecule has 188 valence electrons. The van der Waals surface area contributed by atoms with E-state index in [-0.39, 0.29) is 18.4 Å². The van der Waals surface area contributed by atoms with E-state index in [2.05, 4.69) is 49.2 Å². The number of ether oxygens (including phenoxy) is 1. The quantitative estimate of drug-likeness (QED) is 0.505. The second-order valence-corrected chi connectivity index (χ2v) is 9.26. The van der Waals surface area contributed by atoms with Gasteiger partial charge in [-0.05, 0) is 67.1 Å². The molecule has 2 aliphatic heterocycles. The molecule has 6 heteroatoms. The van der Waals surface area contributed by atoms with Crippen LogP contribution in [0, 0.1) is 13.8 Å². The molecule has 0 unspecified atom stereocenters. The smallest absolute Gasteiger partial charge is 0.243 e. The van der Waals surface area contributed by atoms with Gasteiger partial charge in [-0.2, -0.15) is 0 Å². The van der Waals surface area contributed by atoms with Gasteiger partial charge in [0.15, 0.2) is 0 Å². The third kappa shape index (κ3) is 5.27. The first kappa shape index (κ1) is 25.4. The van der Waals surface area contributed by atoms with E-state index in [1.165, 1.54) is 16.7 Å². The van der Waals surface area contributed by atoms with Crippen LogP contribution >= 0.6 is 0 Å². The van der Waals surface area contributed by atoms with Crippen LogP contribution in [0.2, 0.25) is 0 Å². The van der Waals surface area contributed by atoms with Crippen molar-refractivity contribution in [3.8, 4) is 16.9 Å². The third-order valence-electron chi connectivity index (χ3n) is 6.73. The lowest BCUT2D eigenvalue weighted by molar-refractivity contribution is -0.132. The Bertz CT molecular complexity index is 1260. The number of benzene rings is 2. The first-order chi connectivity index (χ1) is 17.4. The Morgan fingerprint density at radius 2 is 1.67 bits per heavy atom. The lowest BCUT2D eigenvalue weighted by Crippen LogP contribution is -2.46. The Morgan fingerprint density at radius 3 is 2.39 bits per heavy atom. The van der Waals surface area contributed by atoms with E-state index in [1.807, 2.05) is 37.1 Å². The number of hydrogen-bond acceptors (Lipinski definition) is 4. The molecule has 1 aromatic heterocycles. The summed E-state index contributed by atoms with van der Waals surface area (Å²) in [7, 11) is 1.64. The fourth-order valence-electron chi connectivity index (χ4n) is 5.00. The van der Waals surface area contributed by atoms with Crippen LogP contribution in [0.25, 0.3) is 11.1 Å². The van der Waals surface area contributed by atoms with Crippen molar-refractivity contribution in [2.45, 2.75) is 53.5 Å². The zero-order valence-corrected chi connectivity index (χ0v) is 21.9. The largest absolute Gasteiger partial charge is 0.497 e. The van der Waals surface area contributed by atoms with Crippen molar-refractivity contribution >= 4 is 17.6 Å². The molecule has 2 amide bonds. The molecule has 0 aliphatic carbocycles. The second kappa shape index (κ2) is 10.9. The summed E-state index contributed by atoms with van der Waals surface area (Å²) >= 11 is 0. The number of fused-ring (bicyclic) bond motifs is 2. The van der Waals surface area contributed by atoms with Crippen molar-refractivity contribution < 1.29 is 14.3 Å². The minimum absolute atomic E-state index is 0.0149. The highest BCUT2D eigenvalue weighted by Gasteiger charge is 2.30. The van der Waals surface area contributed by atoms with Crippen molar-refractivity contribution in [1.82, 2.24) is 9.88 Å². The number of amides is 2.